The fourth-order valence-electron chi connectivity index (χ4n) is 1.78. The van der Waals surface area contributed by atoms with Gasteiger partial charge in [0.15, 0.2) is 0 Å². The van der Waals surface area contributed by atoms with E-state index >= 15 is 0 Å². The van der Waals surface area contributed by atoms with E-state index in [2.05, 4.69) is 15.6 Å². The van der Waals surface area contributed by atoms with Crippen molar-refractivity contribution in [3.05, 3.63) is 52.8 Å². The topological polar surface area (TPSA) is 63.2 Å². The normalized spacial score (nSPS) is 10.0. The van der Waals surface area contributed by atoms with Crippen LogP contribution in [-0.4, -0.2) is 18.1 Å². The van der Waals surface area contributed by atoms with E-state index < -0.39 is 0 Å². The van der Waals surface area contributed by atoms with Crippen LogP contribution in [0.25, 0.3) is 0 Å². The van der Waals surface area contributed by atoms with Crippen LogP contribution in [0.4, 0.5) is 10.5 Å². The van der Waals surface area contributed by atoms with Gasteiger partial charge < -0.3 is 15.4 Å². The van der Waals surface area contributed by atoms with Crippen LogP contribution < -0.4 is 15.4 Å². The van der Waals surface area contributed by atoms with Gasteiger partial charge in [-0.25, -0.2) is 4.79 Å². The highest BCUT2D eigenvalue weighted by molar-refractivity contribution is 6.31. The Hall–Kier alpha value is -2.27. The van der Waals surface area contributed by atoms with Gasteiger partial charge in [0.05, 0.1) is 12.8 Å². The number of aromatic nitrogens is 1. The van der Waals surface area contributed by atoms with Crippen molar-refractivity contribution < 1.29 is 9.53 Å². The number of pyridine rings is 1. The number of ether oxygens (including phenoxy) is 1. The first kappa shape index (κ1) is 15.1. The van der Waals surface area contributed by atoms with Crippen molar-refractivity contribution in [3.8, 4) is 5.75 Å². The molecule has 1 aromatic carbocycles. The van der Waals surface area contributed by atoms with E-state index in [1.807, 2.05) is 19.1 Å². The SMILES string of the molecule is COc1cc(Cl)c(C)cc1NC(=O)NCc1ccncc1. The summed E-state index contributed by atoms with van der Waals surface area (Å²) in [6.45, 7) is 2.28. The van der Waals surface area contributed by atoms with Gasteiger partial charge in [-0.3, -0.25) is 4.98 Å². The van der Waals surface area contributed by atoms with Crippen LogP contribution in [0, 0.1) is 6.92 Å². The van der Waals surface area contributed by atoms with Gasteiger partial charge in [-0.05, 0) is 36.2 Å². The molecule has 21 heavy (non-hydrogen) atoms. The molecule has 2 rings (SSSR count). The van der Waals surface area contributed by atoms with Crippen molar-refractivity contribution in [2.45, 2.75) is 13.5 Å². The molecule has 0 aliphatic carbocycles. The summed E-state index contributed by atoms with van der Waals surface area (Å²) in [6, 6.07) is 6.82. The molecule has 5 nitrogen and oxygen atoms in total. The van der Waals surface area contributed by atoms with Crippen LogP contribution in [0.2, 0.25) is 5.02 Å². The average Bonchev–Trinajstić information content (AvgIpc) is 2.49. The lowest BCUT2D eigenvalue weighted by Crippen LogP contribution is -2.28. The van der Waals surface area contributed by atoms with Gasteiger partial charge in [0.2, 0.25) is 0 Å². The standard InChI is InChI=1S/C15H16ClN3O2/c1-10-7-13(14(21-2)8-12(10)16)19-15(20)18-9-11-3-5-17-6-4-11/h3-8H,9H2,1-2H3,(H2,18,19,20). The molecule has 0 radical (unpaired) electrons. The third-order valence-corrected chi connectivity index (χ3v) is 3.34. The lowest BCUT2D eigenvalue weighted by atomic mass is 10.2. The number of rotatable bonds is 4. The predicted molar refractivity (Wildman–Crippen MR) is 82.8 cm³/mol. The van der Waals surface area contributed by atoms with E-state index in [1.54, 1.807) is 24.5 Å². The lowest BCUT2D eigenvalue weighted by molar-refractivity contribution is 0.251. The summed E-state index contributed by atoms with van der Waals surface area (Å²) in [5.41, 5.74) is 2.41. The first-order valence-electron chi connectivity index (χ1n) is 6.38. The molecular weight excluding hydrogens is 290 g/mol. The molecule has 0 unspecified atom stereocenters. The number of amides is 2. The molecular formula is C15H16ClN3O2. The summed E-state index contributed by atoms with van der Waals surface area (Å²) in [4.78, 5) is 15.8. The van der Waals surface area contributed by atoms with Crippen molar-refractivity contribution in [1.82, 2.24) is 10.3 Å². The number of urea groups is 1. The van der Waals surface area contributed by atoms with Gasteiger partial charge in [-0.2, -0.15) is 0 Å². The Kier molecular flexibility index (Phi) is 5.00. The molecule has 2 aromatic rings. The summed E-state index contributed by atoms with van der Waals surface area (Å²) in [7, 11) is 1.53. The van der Waals surface area contributed by atoms with Gasteiger partial charge in [0, 0.05) is 30.0 Å². The Morgan fingerprint density at radius 1 is 1.33 bits per heavy atom. The number of hydrogen-bond acceptors (Lipinski definition) is 3. The molecule has 1 aromatic heterocycles. The Morgan fingerprint density at radius 2 is 2.05 bits per heavy atom. The third-order valence-electron chi connectivity index (χ3n) is 2.93. The van der Waals surface area contributed by atoms with Gasteiger partial charge in [0.1, 0.15) is 5.75 Å². The highest BCUT2D eigenvalue weighted by Crippen LogP contribution is 2.30. The van der Waals surface area contributed by atoms with Crippen LogP contribution in [0.1, 0.15) is 11.1 Å². The van der Waals surface area contributed by atoms with E-state index in [0.29, 0.717) is 23.0 Å². The molecule has 2 N–H and O–H groups in total. The number of hydrogen-bond donors (Lipinski definition) is 2. The highest BCUT2D eigenvalue weighted by atomic mass is 35.5. The van der Waals surface area contributed by atoms with Crippen molar-refractivity contribution in [2.75, 3.05) is 12.4 Å². The second-order valence-electron chi connectivity index (χ2n) is 4.46. The van der Waals surface area contributed by atoms with Crippen LogP contribution in [0.15, 0.2) is 36.7 Å². The predicted octanol–water partition coefficient (Wildman–Crippen LogP) is 3.37. The molecule has 0 bridgehead atoms. The summed E-state index contributed by atoms with van der Waals surface area (Å²) >= 11 is 6.03. The maximum absolute atomic E-state index is 11.9. The summed E-state index contributed by atoms with van der Waals surface area (Å²) in [5, 5.41) is 6.11. The number of anilines is 1. The number of nitrogens with one attached hydrogen (secondary N) is 2. The fraction of sp³-hybridized carbons (Fsp3) is 0.200. The maximum atomic E-state index is 11.9. The van der Waals surface area contributed by atoms with Gasteiger partial charge in [-0.15, -0.1) is 0 Å². The van der Waals surface area contributed by atoms with Crippen LogP contribution >= 0.6 is 11.6 Å². The monoisotopic (exact) mass is 305 g/mol. The number of aryl methyl sites for hydroxylation is 1. The minimum atomic E-state index is -0.313. The van der Waals surface area contributed by atoms with Crippen molar-refractivity contribution >= 4 is 23.3 Å². The molecule has 1 heterocycles. The number of halogens is 1. The van der Waals surface area contributed by atoms with Crippen LogP contribution in [0.5, 0.6) is 5.75 Å². The molecule has 0 aliphatic heterocycles. The van der Waals surface area contributed by atoms with Gasteiger partial charge in [0.25, 0.3) is 0 Å². The van der Waals surface area contributed by atoms with Crippen molar-refractivity contribution in [1.29, 1.82) is 0 Å². The second kappa shape index (κ2) is 6.95. The lowest BCUT2D eigenvalue weighted by Gasteiger charge is -2.13. The van der Waals surface area contributed by atoms with E-state index in [9.17, 15) is 4.79 Å². The van der Waals surface area contributed by atoms with Crippen molar-refractivity contribution in [3.63, 3.8) is 0 Å². The Bertz CT molecular complexity index is 632. The quantitative estimate of drug-likeness (QED) is 0.910. The van der Waals surface area contributed by atoms with Crippen LogP contribution in [-0.2, 0) is 6.54 Å². The molecule has 6 heteroatoms. The fourth-order valence-corrected chi connectivity index (χ4v) is 1.93. The van der Waals surface area contributed by atoms with E-state index in [0.717, 1.165) is 11.1 Å². The number of benzene rings is 1. The van der Waals surface area contributed by atoms with Crippen LogP contribution in [0.3, 0.4) is 0 Å². The van der Waals surface area contributed by atoms with E-state index in [-0.39, 0.29) is 6.03 Å². The Labute approximate surface area is 128 Å². The molecule has 2 amide bonds. The second-order valence-corrected chi connectivity index (χ2v) is 4.87. The van der Waals surface area contributed by atoms with Crippen molar-refractivity contribution in [2.24, 2.45) is 0 Å². The molecule has 0 atom stereocenters. The first-order chi connectivity index (χ1) is 10.1. The van der Waals surface area contributed by atoms with Gasteiger partial charge in [-0.1, -0.05) is 11.6 Å². The number of carbonyl (C=O) groups is 1. The third kappa shape index (κ3) is 4.10. The Balaban J connectivity index is 2.01. The minimum absolute atomic E-state index is 0.313. The Morgan fingerprint density at radius 3 is 2.71 bits per heavy atom. The zero-order valence-corrected chi connectivity index (χ0v) is 12.6. The average molecular weight is 306 g/mol. The van der Waals surface area contributed by atoms with E-state index in [4.69, 9.17) is 16.3 Å². The highest BCUT2D eigenvalue weighted by Gasteiger charge is 2.10. The molecule has 0 fully saturated rings. The molecule has 110 valence electrons. The number of methoxy groups -OCH3 is 1. The number of carbonyl (C=O) groups excluding carboxylic acids is 1. The van der Waals surface area contributed by atoms with E-state index in [1.165, 1.54) is 7.11 Å². The number of nitrogens with zero attached hydrogens (tertiary/aromatic N) is 1. The molecule has 0 aliphatic rings. The summed E-state index contributed by atoms with van der Waals surface area (Å²) in [5.74, 6) is 0.518. The zero-order chi connectivity index (χ0) is 15.2. The summed E-state index contributed by atoms with van der Waals surface area (Å²) in [6.07, 6.45) is 3.36. The zero-order valence-electron chi connectivity index (χ0n) is 11.8. The molecule has 0 spiro atoms. The molecule has 0 saturated heterocycles. The maximum Gasteiger partial charge on any atom is 0.319 e. The van der Waals surface area contributed by atoms with Gasteiger partial charge >= 0.3 is 6.03 Å². The largest absolute Gasteiger partial charge is 0.495 e. The minimum Gasteiger partial charge on any atom is -0.495 e. The molecule has 0 saturated carbocycles. The summed E-state index contributed by atoms with van der Waals surface area (Å²) < 4.78 is 5.21. The first-order valence-corrected chi connectivity index (χ1v) is 6.76. The smallest absolute Gasteiger partial charge is 0.319 e.